The van der Waals surface area contributed by atoms with Crippen LogP contribution in [0.3, 0.4) is 0 Å². The van der Waals surface area contributed by atoms with E-state index in [9.17, 15) is 9.90 Å². The van der Waals surface area contributed by atoms with E-state index in [1.54, 1.807) is 13.8 Å². The molecule has 0 radical (unpaired) electrons. The molecule has 112 valence electrons. The molecule has 2 aromatic heterocycles. The molecule has 0 saturated carbocycles. The first kappa shape index (κ1) is 14.1. The van der Waals surface area contributed by atoms with Gasteiger partial charge >= 0.3 is 0 Å². The van der Waals surface area contributed by atoms with Gasteiger partial charge in [-0.3, -0.25) is 4.79 Å². The molecule has 1 aromatic carbocycles. The standard InChI is InChI=1S/C16H16N4O2/c1-9-12(8-11-6-4-3-5-7-11)16(22)20-15(18-9)13(14(17)21)10(2)19-20/h3-7,22H,8H2,1-2H3,(H2,17,21). The fourth-order valence-electron chi connectivity index (χ4n) is 2.58. The van der Waals surface area contributed by atoms with Crippen LogP contribution in [0, 0.1) is 13.8 Å². The summed E-state index contributed by atoms with van der Waals surface area (Å²) in [6.45, 7) is 3.46. The Balaban J connectivity index is 2.19. The minimum atomic E-state index is -0.602. The number of aryl methyl sites for hydroxylation is 2. The minimum Gasteiger partial charge on any atom is -0.493 e. The van der Waals surface area contributed by atoms with Gasteiger partial charge in [0.25, 0.3) is 5.91 Å². The number of hydrogen-bond acceptors (Lipinski definition) is 4. The number of fused-ring (bicyclic) bond motifs is 1. The molecular weight excluding hydrogens is 280 g/mol. The van der Waals surface area contributed by atoms with E-state index in [0.29, 0.717) is 23.4 Å². The molecule has 0 atom stereocenters. The largest absolute Gasteiger partial charge is 0.493 e. The Bertz CT molecular complexity index is 869. The van der Waals surface area contributed by atoms with Gasteiger partial charge in [-0.05, 0) is 19.4 Å². The third kappa shape index (κ3) is 2.18. The smallest absolute Gasteiger partial charge is 0.254 e. The van der Waals surface area contributed by atoms with Crippen LogP contribution in [0.2, 0.25) is 0 Å². The van der Waals surface area contributed by atoms with Crippen molar-refractivity contribution in [1.82, 2.24) is 14.6 Å². The Morgan fingerprint density at radius 3 is 2.55 bits per heavy atom. The normalized spacial score (nSPS) is 11.0. The molecule has 0 saturated heterocycles. The number of nitrogens with two attached hydrogens (primary N) is 1. The van der Waals surface area contributed by atoms with E-state index in [1.165, 1.54) is 4.52 Å². The van der Waals surface area contributed by atoms with E-state index >= 15 is 0 Å². The van der Waals surface area contributed by atoms with Gasteiger partial charge in [0.05, 0.1) is 5.69 Å². The number of rotatable bonds is 3. The van der Waals surface area contributed by atoms with Crippen LogP contribution >= 0.6 is 0 Å². The van der Waals surface area contributed by atoms with Crippen LogP contribution in [0.15, 0.2) is 30.3 Å². The van der Waals surface area contributed by atoms with E-state index in [0.717, 1.165) is 5.56 Å². The molecular formula is C16H16N4O2. The first-order chi connectivity index (χ1) is 10.5. The second-order valence-corrected chi connectivity index (χ2v) is 5.22. The maximum Gasteiger partial charge on any atom is 0.254 e. The molecule has 3 aromatic rings. The molecule has 3 rings (SSSR count). The van der Waals surface area contributed by atoms with Crippen molar-refractivity contribution in [2.45, 2.75) is 20.3 Å². The molecule has 0 bridgehead atoms. The average Bonchev–Trinajstić information content (AvgIpc) is 2.81. The lowest BCUT2D eigenvalue weighted by atomic mass is 10.0. The molecule has 6 nitrogen and oxygen atoms in total. The highest BCUT2D eigenvalue weighted by molar-refractivity contribution is 6.00. The molecule has 0 fully saturated rings. The van der Waals surface area contributed by atoms with Gasteiger partial charge in [0, 0.05) is 17.7 Å². The van der Waals surface area contributed by atoms with Crippen LogP contribution in [-0.2, 0) is 6.42 Å². The van der Waals surface area contributed by atoms with Gasteiger partial charge < -0.3 is 10.8 Å². The zero-order chi connectivity index (χ0) is 15.9. The van der Waals surface area contributed by atoms with Crippen molar-refractivity contribution in [3.05, 3.63) is 58.4 Å². The summed E-state index contributed by atoms with van der Waals surface area (Å²) in [6, 6.07) is 9.78. The van der Waals surface area contributed by atoms with Crippen molar-refractivity contribution in [3.63, 3.8) is 0 Å². The number of primary amides is 1. The zero-order valence-corrected chi connectivity index (χ0v) is 12.4. The Morgan fingerprint density at radius 1 is 1.23 bits per heavy atom. The molecule has 3 N–H and O–H groups in total. The van der Waals surface area contributed by atoms with E-state index in [4.69, 9.17) is 5.73 Å². The summed E-state index contributed by atoms with van der Waals surface area (Å²) in [5.74, 6) is -0.614. The van der Waals surface area contributed by atoms with Crippen molar-refractivity contribution < 1.29 is 9.90 Å². The first-order valence-corrected chi connectivity index (χ1v) is 6.90. The van der Waals surface area contributed by atoms with Crippen LogP contribution in [0.25, 0.3) is 5.65 Å². The van der Waals surface area contributed by atoms with Crippen molar-refractivity contribution in [3.8, 4) is 5.88 Å². The summed E-state index contributed by atoms with van der Waals surface area (Å²) in [6.07, 6.45) is 0.534. The molecule has 0 aliphatic carbocycles. The Labute approximate surface area is 127 Å². The van der Waals surface area contributed by atoms with Crippen molar-refractivity contribution in [1.29, 1.82) is 0 Å². The number of aromatic hydroxyl groups is 1. The van der Waals surface area contributed by atoms with E-state index in [-0.39, 0.29) is 17.1 Å². The van der Waals surface area contributed by atoms with Gasteiger partial charge in [0.1, 0.15) is 5.56 Å². The highest BCUT2D eigenvalue weighted by Gasteiger charge is 2.21. The summed E-state index contributed by atoms with van der Waals surface area (Å²) in [5.41, 5.74) is 8.74. The summed E-state index contributed by atoms with van der Waals surface area (Å²) in [5, 5.41) is 14.7. The van der Waals surface area contributed by atoms with Gasteiger partial charge in [0.15, 0.2) is 5.65 Å². The predicted octanol–water partition coefficient (Wildman–Crippen LogP) is 1.74. The van der Waals surface area contributed by atoms with Crippen molar-refractivity contribution >= 4 is 11.6 Å². The highest BCUT2D eigenvalue weighted by atomic mass is 16.3. The lowest BCUT2D eigenvalue weighted by Crippen LogP contribution is -2.13. The predicted molar refractivity (Wildman–Crippen MR) is 81.9 cm³/mol. The average molecular weight is 296 g/mol. The fraction of sp³-hybridized carbons (Fsp3) is 0.188. The molecule has 22 heavy (non-hydrogen) atoms. The number of nitrogens with zero attached hydrogens (tertiary/aromatic N) is 3. The van der Waals surface area contributed by atoms with Crippen molar-refractivity contribution in [2.24, 2.45) is 5.73 Å². The van der Waals surface area contributed by atoms with E-state index < -0.39 is 5.91 Å². The molecule has 6 heteroatoms. The van der Waals surface area contributed by atoms with Crippen molar-refractivity contribution in [2.75, 3.05) is 0 Å². The van der Waals surface area contributed by atoms with Crippen LogP contribution < -0.4 is 5.73 Å². The molecule has 1 amide bonds. The highest BCUT2D eigenvalue weighted by Crippen LogP contribution is 2.26. The number of benzene rings is 1. The van der Waals surface area contributed by atoms with Gasteiger partial charge in [-0.1, -0.05) is 30.3 Å². The number of carbonyl (C=O) groups is 1. The minimum absolute atomic E-state index is 0.0121. The second-order valence-electron chi connectivity index (χ2n) is 5.22. The third-order valence-electron chi connectivity index (χ3n) is 3.69. The number of aromatic nitrogens is 3. The van der Waals surface area contributed by atoms with Crippen LogP contribution in [0.4, 0.5) is 0 Å². The van der Waals surface area contributed by atoms with Gasteiger partial charge in [0.2, 0.25) is 5.88 Å². The molecule has 0 spiro atoms. The maximum atomic E-state index is 11.5. The lowest BCUT2D eigenvalue weighted by Gasteiger charge is -2.09. The van der Waals surface area contributed by atoms with Gasteiger partial charge in [-0.25, -0.2) is 4.98 Å². The molecule has 0 unspecified atom stereocenters. The van der Waals surface area contributed by atoms with Crippen LogP contribution in [0.5, 0.6) is 5.88 Å². The fourth-order valence-corrected chi connectivity index (χ4v) is 2.58. The summed E-state index contributed by atoms with van der Waals surface area (Å²) in [4.78, 5) is 16.0. The topological polar surface area (TPSA) is 93.5 Å². The van der Waals surface area contributed by atoms with Crippen LogP contribution in [-0.4, -0.2) is 25.6 Å². The molecule has 0 aliphatic rings. The quantitative estimate of drug-likeness (QED) is 0.770. The molecule has 0 aliphatic heterocycles. The summed E-state index contributed by atoms with van der Waals surface area (Å²) in [7, 11) is 0. The van der Waals surface area contributed by atoms with E-state index in [2.05, 4.69) is 10.1 Å². The maximum absolute atomic E-state index is 11.5. The summed E-state index contributed by atoms with van der Waals surface area (Å²) < 4.78 is 1.28. The SMILES string of the molecule is Cc1nc2c(C(N)=O)c(C)nn2c(O)c1Cc1ccccc1. The van der Waals surface area contributed by atoms with Crippen LogP contribution in [0.1, 0.15) is 32.9 Å². The Morgan fingerprint density at radius 2 is 1.91 bits per heavy atom. The van der Waals surface area contributed by atoms with Gasteiger partial charge in [-0.2, -0.15) is 9.61 Å². The second kappa shape index (κ2) is 5.14. The Kier molecular flexibility index (Phi) is 3.29. The summed E-state index contributed by atoms with van der Waals surface area (Å²) >= 11 is 0. The molecule has 2 heterocycles. The number of carbonyl (C=O) groups excluding carboxylic acids is 1. The lowest BCUT2D eigenvalue weighted by molar-refractivity contribution is 0.100. The zero-order valence-electron chi connectivity index (χ0n) is 12.4. The van der Waals surface area contributed by atoms with E-state index in [1.807, 2.05) is 30.3 Å². The first-order valence-electron chi connectivity index (χ1n) is 6.90. The number of amides is 1. The van der Waals surface area contributed by atoms with Gasteiger partial charge in [-0.15, -0.1) is 0 Å². The third-order valence-corrected chi connectivity index (χ3v) is 3.69. The Hall–Kier alpha value is -2.89. The number of hydrogen-bond donors (Lipinski definition) is 2. The monoisotopic (exact) mass is 296 g/mol.